The van der Waals surface area contributed by atoms with Crippen molar-refractivity contribution in [1.82, 2.24) is 4.90 Å². The molecule has 1 aromatic rings. The number of rotatable bonds is 3. The van der Waals surface area contributed by atoms with E-state index in [-0.39, 0.29) is 5.91 Å². The Balaban J connectivity index is 2.18. The van der Waals surface area contributed by atoms with Gasteiger partial charge in [-0.05, 0) is 45.6 Å². The summed E-state index contributed by atoms with van der Waals surface area (Å²) in [7, 11) is 0. The van der Waals surface area contributed by atoms with Gasteiger partial charge >= 0.3 is 0 Å². The Hall–Kier alpha value is -0.960. The van der Waals surface area contributed by atoms with Crippen molar-refractivity contribution < 1.29 is 9.21 Å². The number of carbonyl (C=O) groups is 1. The fraction of sp³-hybridized carbons (Fsp3) is 0.643. The molecule has 0 bridgehead atoms. The van der Waals surface area contributed by atoms with Crippen LogP contribution in [0.25, 0.3) is 0 Å². The molecule has 2 heterocycles. The van der Waals surface area contributed by atoms with E-state index in [4.69, 9.17) is 16.0 Å². The molecule has 1 atom stereocenters. The molecular weight excluding hydrogens is 250 g/mol. The zero-order valence-corrected chi connectivity index (χ0v) is 11.8. The minimum absolute atomic E-state index is 0.0965. The number of nitrogens with zero attached hydrogens (tertiary/aromatic N) is 1. The molecule has 0 radical (unpaired) electrons. The molecule has 18 heavy (non-hydrogen) atoms. The van der Waals surface area contributed by atoms with Crippen molar-refractivity contribution in [3.63, 3.8) is 0 Å². The molecule has 1 aliphatic heterocycles. The topological polar surface area (TPSA) is 33.5 Å². The van der Waals surface area contributed by atoms with E-state index in [2.05, 4.69) is 0 Å². The predicted octanol–water partition coefficient (Wildman–Crippen LogP) is 3.52. The molecule has 1 aromatic heterocycles. The van der Waals surface area contributed by atoms with E-state index in [1.807, 2.05) is 24.8 Å². The van der Waals surface area contributed by atoms with Gasteiger partial charge in [0.2, 0.25) is 0 Å². The number of halogens is 1. The zero-order valence-electron chi connectivity index (χ0n) is 11.0. The van der Waals surface area contributed by atoms with Crippen LogP contribution in [-0.2, 0) is 0 Å². The first kappa shape index (κ1) is 13.5. The van der Waals surface area contributed by atoms with E-state index in [1.165, 1.54) is 6.42 Å². The van der Waals surface area contributed by atoms with E-state index in [9.17, 15) is 4.79 Å². The zero-order chi connectivity index (χ0) is 13.1. The highest BCUT2D eigenvalue weighted by molar-refractivity contribution is 6.17. The number of hydrogen-bond donors (Lipinski definition) is 0. The molecule has 0 N–H and O–H groups in total. The highest BCUT2D eigenvalue weighted by atomic mass is 35.5. The number of aryl methyl sites for hydroxylation is 2. The SMILES string of the molecule is Cc1cc(C(=O)N2CCCCC2CCCl)c(C)o1. The summed E-state index contributed by atoms with van der Waals surface area (Å²) in [6.45, 7) is 4.56. The monoisotopic (exact) mass is 269 g/mol. The fourth-order valence-electron chi connectivity index (χ4n) is 2.69. The van der Waals surface area contributed by atoms with Crippen molar-refractivity contribution in [1.29, 1.82) is 0 Å². The molecule has 1 aliphatic rings. The minimum Gasteiger partial charge on any atom is -0.466 e. The van der Waals surface area contributed by atoms with Crippen molar-refractivity contribution in [3.05, 3.63) is 23.2 Å². The molecule has 2 rings (SSSR count). The average molecular weight is 270 g/mol. The number of hydrogen-bond acceptors (Lipinski definition) is 2. The van der Waals surface area contributed by atoms with Crippen LogP contribution in [0.2, 0.25) is 0 Å². The first-order chi connectivity index (χ1) is 8.63. The highest BCUT2D eigenvalue weighted by Crippen LogP contribution is 2.24. The number of piperidine rings is 1. The maximum Gasteiger partial charge on any atom is 0.257 e. The molecule has 0 spiro atoms. The van der Waals surface area contributed by atoms with Crippen molar-refractivity contribution in [2.45, 2.75) is 45.6 Å². The first-order valence-corrected chi connectivity index (χ1v) is 7.11. The molecule has 0 saturated carbocycles. The number of carbonyl (C=O) groups excluding carboxylic acids is 1. The van der Waals surface area contributed by atoms with Gasteiger partial charge in [-0.1, -0.05) is 0 Å². The van der Waals surface area contributed by atoms with E-state index >= 15 is 0 Å². The molecule has 100 valence electrons. The quantitative estimate of drug-likeness (QED) is 0.787. The summed E-state index contributed by atoms with van der Waals surface area (Å²) >= 11 is 5.83. The maximum atomic E-state index is 12.5. The number of alkyl halides is 1. The molecular formula is C14H20ClNO2. The summed E-state index contributed by atoms with van der Waals surface area (Å²) in [6.07, 6.45) is 4.21. The van der Waals surface area contributed by atoms with E-state index in [0.29, 0.717) is 23.2 Å². The summed E-state index contributed by atoms with van der Waals surface area (Å²) in [5.41, 5.74) is 0.703. The molecule has 1 unspecified atom stereocenters. The van der Waals surface area contributed by atoms with Crippen molar-refractivity contribution in [2.75, 3.05) is 12.4 Å². The van der Waals surface area contributed by atoms with Gasteiger partial charge in [0.1, 0.15) is 11.5 Å². The van der Waals surface area contributed by atoms with Crippen LogP contribution in [-0.4, -0.2) is 29.3 Å². The number of likely N-dealkylation sites (tertiary alicyclic amines) is 1. The lowest BCUT2D eigenvalue weighted by Crippen LogP contribution is -2.44. The standard InChI is InChI=1S/C14H20ClNO2/c1-10-9-13(11(2)18-10)14(17)16-8-4-3-5-12(16)6-7-15/h9,12H,3-8H2,1-2H3. The Bertz CT molecular complexity index is 425. The van der Waals surface area contributed by atoms with Gasteiger partial charge in [-0.3, -0.25) is 4.79 Å². The van der Waals surface area contributed by atoms with Gasteiger partial charge in [0.05, 0.1) is 5.56 Å². The van der Waals surface area contributed by atoms with Gasteiger partial charge in [0.25, 0.3) is 5.91 Å². The normalized spacial score (nSPS) is 20.2. The molecule has 1 fully saturated rings. The Kier molecular flexibility index (Phi) is 4.33. The van der Waals surface area contributed by atoms with Crippen LogP contribution in [0.1, 0.15) is 47.6 Å². The minimum atomic E-state index is 0.0965. The van der Waals surface area contributed by atoms with Gasteiger partial charge in [0.15, 0.2) is 0 Å². The Labute approximate surface area is 113 Å². The van der Waals surface area contributed by atoms with Gasteiger partial charge in [-0.2, -0.15) is 0 Å². The average Bonchev–Trinajstić information content (AvgIpc) is 2.69. The van der Waals surface area contributed by atoms with E-state index in [1.54, 1.807) is 0 Å². The Morgan fingerprint density at radius 2 is 2.28 bits per heavy atom. The molecule has 4 heteroatoms. The van der Waals surface area contributed by atoms with Crippen molar-refractivity contribution >= 4 is 17.5 Å². The predicted molar refractivity (Wildman–Crippen MR) is 72.2 cm³/mol. The summed E-state index contributed by atoms with van der Waals surface area (Å²) < 4.78 is 5.45. The second kappa shape index (κ2) is 5.79. The fourth-order valence-corrected chi connectivity index (χ4v) is 2.94. The third-order valence-electron chi connectivity index (χ3n) is 3.60. The Morgan fingerprint density at radius 1 is 1.50 bits per heavy atom. The van der Waals surface area contributed by atoms with Gasteiger partial charge in [-0.25, -0.2) is 0 Å². The Morgan fingerprint density at radius 3 is 2.89 bits per heavy atom. The molecule has 1 saturated heterocycles. The van der Waals surface area contributed by atoms with Crippen LogP contribution in [0.4, 0.5) is 0 Å². The summed E-state index contributed by atoms with van der Waals surface area (Å²) in [4.78, 5) is 14.5. The van der Waals surface area contributed by atoms with Crippen LogP contribution in [0, 0.1) is 13.8 Å². The molecule has 3 nitrogen and oxygen atoms in total. The van der Waals surface area contributed by atoms with Gasteiger partial charge < -0.3 is 9.32 Å². The third-order valence-corrected chi connectivity index (χ3v) is 3.82. The summed E-state index contributed by atoms with van der Waals surface area (Å²) in [5, 5.41) is 0. The third kappa shape index (κ3) is 2.72. The maximum absolute atomic E-state index is 12.5. The molecule has 1 amide bonds. The number of amides is 1. The smallest absolute Gasteiger partial charge is 0.257 e. The van der Waals surface area contributed by atoms with Crippen molar-refractivity contribution in [3.8, 4) is 0 Å². The van der Waals surface area contributed by atoms with Gasteiger partial charge in [-0.15, -0.1) is 11.6 Å². The van der Waals surface area contributed by atoms with Crippen LogP contribution >= 0.6 is 11.6 Å². The summed E-state index contributed by atoms with van der Waals surface area (Å²) in [5.74, 6) is 2.21. The lowest BCUT2D eigenvalue weighted by Gasteiger charge is -2.35. The van der Waals surface area contributed by atoms with Gasteiger partial charge in [0, 0.05) is 18.5 Å². The lowest BCUT2D eigenvalue weighted by molar-refractivity contribution is 0.0607. The highest BCUT2D eigenvalue weighted by Gasteiger charge is 2.28. The lowest BCUT2D eigenvalue weighted by atomic mass is 9.99. The second-order valence-electron chi connectivity index (χ2n) is 4.95. The molecule has 0 aromatic carbocycles. The van der Waals surface area contributed by atoms with Crippen LogP contribution in [0.5, 0.6) is 0 Å². The van der Waals surface area contributed by atoms with Crippen molar-refractivity contribution in [2.24, 2.45) is 0 Å². The van der Waals surface area contributed by atoms with E-state index < -0.39 is 0 Å². The first-order valence-electron chi connectivity index (χ1n) is 6.57. The second-order valence-corrected chi connectivity index (χ2v) is 5.33. The van der Waals surface area contributed by atoms with E-state index in [0.717, 1.165) is 31.6 Å². The van der Waals surface area contributed by atoms with Crippen LogP contribution < -0.4 is 0 Å². The van der Waals surface area contributed by atoms with Crippen LogP contribution in [0.3, 0.4) is 0 Å². The largest absolute Gasteiger partial charge is 0.466 e. The van der Waals surface area contributed by atoms with Crippen LogP contribution in [0.15, 0.2) is 10.5 Å². The summed E-state index contributed by atoms with van der Waals surface area (Å²) in [6, 6.07) is 2.13. The molecule has 0 aliphatic carbocycles. The number of furan rings is 1.